The van der Waals surface area contributed by atoms with Crippen molar-refractivity contribution >= 4 is 22.7 Å². The summed E-state index contributed by atoms with van der Waals surface area (Å²) >= 11 is 1.81. The molecule has 0 bridgehead atoms. The molecule has 0 unspecified atom stereocenters. The van der Waals surface area contributed by atoms with Crippen LogP contribution in [0.25, 0.3) is 10.9 Å². The summed E-state index contributed by atoms with van der Waals surface area (Å²) in [5.74, 6) is 0.661. The van der Waals surface area contributed by atoms with Crippen molar-refractivity contribution in [1.82, 2.24) is 9.88 Å². The second-order valence-electron chi connectivity index (χ2n) is 6.73. The van der Waals surface area contributed by atoms with Gasteiger partial charge in [0, 0.05) is 40.3 Å². The number of rotatable bonds is 7. The van der Waals surface area contributed by atoms with Crippen LogP contribution >= 0.6 is 11.8 Å². The predicted octanol–water partition coefficient (Wildman–Crippen LogP) is 5.48. The van der Waals surface area contributed by atoms with Gasteiger partial charge in [0.2, 0.25) is 0 Å². The molecular formula is C21H25FN2S. The number of fused-ring (bicyclic) bond motifs is 1. The third kappa shape index (κ3) is 4.44. The fourth-order valence-electron chi connectivity index (χ4n) is 2.83. The number of hydrogen-bond acceptors (Lipinski definition) is 2. The van der Waals surface area contributed by atoms with E-state index in [1.165, 1.54) is 33.5 Å². The van der Waals surface area contributed by atoms with Gasteiger partial charge in [-0.1, -0.05) is 18.2 Å². The van der Waals surface area contributed by atoms with Gasteiger partial charge in [0.05, 0.1) is 0 Å². The number of nitrogens with one attached hydrogen (secondary N) is 1. The number of H-pyrrole nitrogens is 1. The topological polar surface area (TPSA) is 19.0 Å². The summed E-state index contributed by atoms with van der Waals surface area (Å²) in [6.45, 7) is 5.49. The molecule has 3 rings (SSSR count). The van der Waals surface area contributed by atoms with Crippen LogP contribution in [0.5, 0.6) is 0 Å². The molecule has 0 aliphatic rings. The van der Waals surface area contributed by atoms with Crippen molar-refractivity contribution < 1.29 is 4.39 Å². The molecule has 0 saturated heterocycles. The van der Waals surface area contributed by atoms with E-state index in [9.17, 15) is 4.39 Å². The minimum Gasteiger partial charge on any atom is -0.361 e. The Kier molecular flexibility index (Phi) is 5.82. The van der Waals surface area contributed by atoms with Crippen LogP contribution in [-0.4, -0.2) is 29.5 Å². The number of thioether (sulfide) groups is 1. The zero-order valence-corrected chi connectivity index (χ0v) is 15.9. The van der Waals surface area contributed by atoms with Crippen LogP contribution in [0.15, 0.2) is 53.6 Å². The van der Waals surface area contributed by atoms with Gasteiger partial charge in [-0.25, -0.2) is 4.39 Å². The molecule has 2 nitrogen and oxygen atoms in total. The van der Waals surface area contributed by atoms with Gasteiger partial charge < -0.3 is 9.88 Å². The van der Waals surface area contributed by atoms with Gasteiger partial charge in [0.1, 0.15) is 5.82 Å². The normalized spacial score (nSPS) is 11.8. The lowest BCUT2D eigenvalue weighted by Crippen LogP contribution is -2.28. The molecule has 0 aliphatic heterocycles. The molecule has 0 atom stereocenters. The molecule has 1 N–H and O–H groups in total. The van der Waals surface area contributed by atoms with Crippen LogP contribution in [0.1, 0.15) is 25.0 Å². The van der Waals surface area contributed by atoms with Crippen LogP contribution in [0, 0.1) is 5.82 Å². The van der Waals surface area contributed by atoms with Crippen LogP contribution < -0.4 is 0 Å². The van der Waals surface area contributed by atoms with Crippen LogP contribution in [0.2, 0.25) is 0 Å². The number of benzene rings is 2. The molecule has 3 aromatic rings. The largest absolute Gasteiger partial charge is 0.361 e. The SMILES string of the molecule is CC(C)N(C)CCc1c[nH]c2cccc(SCc3ccc(F)cc3)c12. The van der Waals surface area contributed by atoms with Crippen LogP contribution in [-0.2, 0) is 12.2 Å². The van der Waals surface area contributed by atoms with E-state index in [-0.39, 0.29) is 5.82 Å². The first kappa shape index (κ1) is 18.0. The summed E-state index contributed by atoms with van der Waals surface area (Å²) in [6.07, 6.45) is 3.17. The lowest BCUT2D eigenvalue weighted by molar-refractivity contribution is 0.278. The molecule has 0 fully saturated rings. The first-order chi connectivity index (χ1) is 12.0. The van der Waals surface area contributed by atoms with E-state index in [1.807, 2.05) is 23.9 Å². The Labute approximate surface area is 153 Å². The van der Waals surface area contributed by atoms with E-state index >= 15 is 0 Å². The van der Waals surface area contributed by atoms with E-state index in [0.717, 1.165) is 24.3 Å². The summed E-state index contributed by atoms with van der Waals surface area (Å²) in [5, 5.41) is 1.33. The molecule has 0 aliphatic carbocycles. The number of aromatic nitrogens is 1. The summed E-state index contributed by atoms with van der Waals surface area (Å²) in [7, 11) is 2.17. The Hall–Kier alpha value is -1.78. The van der Waals surface area contributed by atoms with E-state index in [1.54, 1.807) is 0 Å². The lowest BCUT2D eigenvalue weighted by Gasteiger charge is -2.20. The molecule has 0 saturated carbocycles. The maximum Gasteiger partial charge on any atom is 0.123 e. The number of aromatic amines is 1. The first-order valence-electron chi connectivity index (χ1n) is 8.71. The lowest BCUT2D eigenvalue weighted by atomic mass is 10.1. The van der Waals surface area contributed by atoms with Gasteiger partial charge in [-0.05, 0) is 62.7 Å². The highest BCUT2D eigenvalue weighted by Gasteiger charge is 2.11. The molecule has 1 aromatic heterocycles. The number of nitrogens with zero attached hydrogens (tertiary/aromatic N) is 1. The second-order valence-corrected chi connectivity index (χ2v) is 7.75. The maximum atomic E-state index is 13.1. The number of hydrogen-bond donors (Lipinski definition) is 1. The standard InChI is InChI=1S/C21H25FN2S/c1-15(2)24(3)12-11-17-13-23-19-5-4-6-20(21(17)19)25-14-16-7-9-18(22)10-8-16/h4-10,13,15,23H,11-12,14H2,1-3H3. The van der Waals surface area contributed by atoms with Crippen LogP contribution in [0.3, 0.4) is 0 Å². The minimum atomic E-state index is -0.182. The second kappa shape index (κ2) is 8.07. The third-order valence-electron chi connectivity index (χ3n) is 4.67. The Morgan fingerprint density at radius 3 is 2.60 bits per heavy atom. The summed E-state index contributed by atoms with van der Waals surface area (Å²) in [6, 6.07) is 13.7. The molecule has 0 spiro atoms. The Bertz CT molecular complexity index is 824. The monoisotopic (exact) mass is 356 g/mol. The average molecular weight is 357 g/mol. The van der Waals surface area contributed by atoms with Crippen molar-refractivity contribution in [2.45, 2.75) is 37.0 Å². The zero-order chi connectivity index (χ0) is 17.8. The predicted molar refractivity (Wildman–Crippen MR) is 106 cm³/mol. The van der Waals surface area contributed by atoms with E-state index in [0.29, 0.717) is 6.04 Å². The molecular weight excluding hydrogens is 331 g/mol. The van der Waals surface area contributed by atoms with Gasteiger partial charge >= 0.3 is 0 Å². The van der Waals surface area contributed by atoms with E-state index < -0.39 is 0 Å². The highest BCUT2D eigenvalue weighted by molar-refractivity contribution is 7.98. The van der Waals surface area contributed by atoms with Crippen molar-refractivity contribution in [3.63, 3.8) is 0 Å². The van der Waals surface area contributed by atoms with Gasteiger partial charge in [0.25, 0.3) is 0 Å². The first-order valence-corrected chi connectivity index (χ1v) is 9.69. The third-order valence-corrected chi connectivity index (χ3v) is 5.80. The van der Waals surface area contributed by atoms with Gasteiger partial charge in [-0.15, -0.1) is 11.8 Å². The fourth-order valence-corrected chi connectivity index (χ4v) is 3.91. The van der Waals surface area contributed by atoms with E-state index in [2.05, 4.69) is 55.2 Å². The molecule has 4 heteroatoms. The van der Waals surface area contributed by atoms with Gasteiger partial charge in [-0.2, -0.15) is 0 Å². The van der Waals surface area contributed by atoms with Crippen molar-refractivity contribution in [3.8, 4) is 0 Å². The summed E-state index contributed by atoms with van der Waals surface area (Å²) in [5.41, 5.74) is 3.69. The minimum absolute atomic E-state index is 0.182. The molecule has 1 heterocycles. The Balaban J connectivity index is 1.78. The highest BCUT2D eigenvalue weighted by Crippen LogP contribution is 2.32. The highest BCUT2D eigenvalue weighted by atomic mass is 32.2. The van der Waals surface area contributed by atoms with Gasteiger partial charge in [-0.3, -0.25) is 0 Å². The smallest absolute Gasteiger partial charge is 0.123 e. The summed E-state index contributed by atoms with van der Waals surface area (Å²) in [4.78, 5) is 7.06. The van der Waals surface area contributed by atoms with Crippen LogP contribution in [0.4, 0.5) is 4.39 Å². The molecule has 0 amide bonds. The Morgan fingerprint density at radius 1 is 1.12 bits per heavy atom. The number of halogens is 1. The average Bonchev–Trinajstić information content (AvgIpc) is 3.03. The fraction of sp³-hybridized carbons (Fsp3) is 0.333. The summed E-state index contributed by atoms with van der Waals surface area (Å²) < 4.78 is 13.1. The van der Waals surface area contributed by atoms with Crippen molar-refractivity contribution in [1.29, 1.82) is 0 Å². The van der Waals surface area contributed by atoms with Crippen molar-refractivity contribution in [2.24, 2.45) is 0 Å². The molecule has 25 heavy (non-hydrogen) atoms. The van der Waals surface area contributed by atoms with E-state index in [4.69, 9.17) is 0 Å². The molecule has 0 radical (unpaired) electrons. The number of likely N-dealkylation sites (N-methyl/N-ethyl adjacent to an activating group) is 1. The maximum absolute atomic E-state index is 13.1. The molecule has 132 valence electrons. The van der Waals surface area contributed by atoms with Crippen molar-refractivity contribution in [2.75, 3.05) is 13.6 Å². The van der Waals surface area contributed by atoms with Gasteiger partial charge in [0.15, 0.2) is 0 Å². The quantitative estimate of drug-likeness (QED) is 0.565. The Morgan fingerprint density at radius 2 is 1.88 bits per heavy atom. The van der Waals surface area contributed by atoms with Crippen molar-refractivity contribution in [3.05, 3.63) is 65.6 Å². The zero-order valence-electron chi connectivity index (χ0n) is 15.1. The molecule has 2 aromatic carbocycles.